The number of hydrogen-bond acceptors (Lipinski definition) is 5. The molecule has 4 aromatic rings. The molecular formula is C27H22N2O5. The van der Waals surface area contributed by atoms with E-state index in [0.717, 1.165) is 34.9 Å². The van der Waals surface area contributed by atoms with Crippen molar-refractivity contribution in [1.82, 2.24) is 4.57 Å². The predicted octanol–water partition coefficient (Wildman–Crippen LogP) is 4.47. The van der Waals surface area contributed by atoms with E-state index in [4.69, 9.17) is 9.15 Å². The van der Waals surface area contributed by atoms with Gasteiger partial charge in [0.05, 0.1) is 29.6 Å². The molecule has 2 aliphatic rings. The van der Waals surface area contributed by atoms with Gasteiger partial charge in [-0.1, -0.05) is 36.4 Å². The molecule has 0 bridgehead atoms. The summed E-state index contributed by atoms with van der Waals surface area (Å²) in [5.74, 6) is -0.917. The van der Waals surface area contributed by atoms with Gasteiger partial charge in [0, 0.05) is 47.5 Å². The number of rotatable bonds is 4. The second-order valence-electron chi connectivity index (χ2n) is 8.81. The summed E-state index contributed by atoms with van der Waals surface area (Å²) in [4.78, 5) is 39.6. The standard InChI is InChI=1S/C27H22N2O5/c1-16(30)33-14-17-10-11-28-22-8-4-2-7-19(22)26(23(28)12-17)29-25(31)13-20(27(29)32)21-15-34-24-9-5-3-6-18(21)24/h2-9,13,15,17H,10-12,14H2,1H3. The zero-order chi connectivity index (χ0) is 23.4. The molecule has 34 heavy (non-hydrogen) atoms. The van der Waals surface area contributed by atoms with Gasteiger partial charge in [0.25, 0.3) is 11.8 Å². The van der Waals surface area contributed by atoms with E-state index in [2.05, 4.69) is 4.57 Å². The highest BCUT2D eigenvalue weighted by Crippen LogP contribution is 2.42. The normalized spacial score (nSPS) is 18.0. The topological polar surface area (TPSA) is 81.8 Å². The van der Waals surface area contributed by atoms with Crippen molar-refractivity contribution in [2.75, 3.05) is 11.5 Å². The lowest BCUT2D eigenvalue weighted by Crippen LogP contribution is -2.33. The predicted molar refractivity (Wildman–Crippen MR) is 127 cm³/mol. The Morgan fingerprint density at radius 1 is 1.09 bits per heavy atom. The van der Waals surface area contributed by atoms with Crippen molar-refractivity contribution in [3.8, 4) is 0 Å². The number of amides is 2. The molecule has 0 N–H and O–H groups in total. The molecule has 0 saturated heterocycles. The van der Waals surface area contributed by atoms with E-state index < -0.39 is 0 Å². The molecule has 0 fully saturated rings. The van der Waals surface area contributed by atoms with Gasteiger partial charge in [-0.25, -0.2) is 4.90 Å². The van der Waals surface area contributed by atoms with Crippen LogP contribution in [0, 0.1) is 5.92 Å². The van der Waals surface area contributed by atoms with Crippen LogP contribution in [-0.4, -0.2) is 29.0 Å². The van der Waals surface area contributed by atoms with Crippen LogP contribution in [0.15, 0.2) is 65.3 Å². The van der Waals surface area contributed by atoms with Crippen LogP contribution in [0.4, 0.5) is 5.69 Å². The van der Waals surface area contributed by atoms with Crippen LogP contribution in [0.2, 0.25) is 0 Å². The maximum atomic E-state index is 13.7. The van der Waals surface area contributed by atoms with Gasteiger partial charge in [0.2, 0.25) is 0 Å². The first kappa shape index (κ1) is 20.5. The third kappa shape index (κ3) is 3.08. The molecule has 2 amide bonds. The zero-order valence-electron chi connectivity index (χ0n) is 18.6. The Bertz CT molecular complexity index is 1520. The first-order chi connectivity index (χ1) is 16.5. The molecule has 7 nitrogen and oxygen atoms in total. The largest absolute Gasteiger partial charge is 0.466 e. The number of para-hydroxylation sites is 2. The molecule has 2 aliphatic heterocycles. The van der Waals surface area contributed by atoms with Gasteiger partial charge in [-0.3, -0.25) is 14.4 Å². The maximum Gasteiger partial charge on any atom is 0.302 e. The third-order valence-electron chi connectivity index (χ3n) is 6.73. The van der Waals surface area contributed by atoms with Crippen molar-refractivity contribution in [2.24, 2.45) is 5.92 Å². The molecule has 2 aromatic carbocycles. The quantitative estimate of drug-likeness (QED) is 0.336. The Morgan fingerprint density at radius 3 is 2.68 bits per heavy atom. The number of benzene rings is 2. The minimum atomic E-state index is -0.369. The second kappa shape index (κ2) is 7.73. The molecule has 0 saturated carbocycles. The molecule has 2 aromatic heterocycles. The maximum absolute atomic E-state index is 13.7. The monoisotopic (exact) mass is 454 g/mol. The van der Waals surface area contributed by atoms with E-state index in [1.54, 1.807) is 0 Å². The van der Waals surface area contributed by atoms with Crippen molar-refractivity contribution < 1.29 is 23.5 Å². The van der Waals surface area contributed by atoms with Gasteiger partial charge in [0.1, 0.15) is 5.58 Å². The summed E-state index contributed by atoms with van der Waals surface area (Å²) in [5.41, 5.74) is 4.13. The number of nitrogens with zero attached hydrogens (tertiary/aromatic N) is 2. The molecule has 0 spiro atoms. The molecule has 1 unspecified atom stereocenters. The molecule has 7 heteroatoms. The first-order valence-electron chi connectivity index (χ1n) is 11.3. The highest BCUT2D eigenvalue weighted by molar-refractivity contribution is 6.45. The first-order valence-corrected chi connectivity index (χ1v) is 11.3. The van der Waals surface area contributed by atoms with E-state index in [0.29, 0.717) is 35.4 Å². The number of hydrogen-bond donors (Lipinski definition) is 0. The molecule has 0 radical (unpaired) electrons. The minimum absolute atomic E-state index is 0.123. The van der Waals surface area contributed by atoms with E-state index >= 15 is 0 Å². The summed E-state index contributed by atoms with van der Waals surface area (Å²) in [6.07, 6.45) is 4.40. The van der Waals surface area contributed by atoms with Gasteiger partial charge >= 0.3 is 5.97 Å². The van der Waals surface area contributed by atoms with Crippen molar-refractivity contribution in [2.45, 2.75) is 26.3 Å². The number of imide groups is 1. The Balaban J connectivity index is 1.44. The Labute approximate surface area is 195 Å². The number of esters is 1. The van der Waals surface area contributed by atoms with E-state index in [1.165, 1.54) is 24.2 Å². The summed E-state index contributed by atoms with van der Waals surface area (Å²) >= 11 is 0. The van der Waals surface area contributed by atoms with Gasteiger partial charge in [-0.2, -0.15) is 0 Å². The number of aryl methyl sites for hydroxylation is 1. The molecule has 170 valence electrons. The lowest BCUT2D eigenvalue weighted by atomic mass is 9.96. The summed E-state index contributed by atoms with van der Waals surface area (Å²) in [5, 5.41) is 1.65. The number of anilines is 1. The van der Waals surface area contributed by atoms with Crippen molar-refractivity contribution >= 4 is 50.9 Å². The van der Waals surface area contributed by atoms with Crippen LogP contribution in [0.3, 0.4) is 0 Å². The van der Waals surface area contributed by atoms with Crippen LogP contribution in [0.25, 0.3) is 27.4 Å². The number of fused-ring (bicyclic) bond motifs is 4. The molecule has 6 rings (SSSR count). The number of aromatic nitrogens is 1. The molecule has 4 heterocycles. The summed E-state index contributed by atoms with van der Waals surface area (Å²) in [6.45, 7) is 2.45. The Kier molecular flexibility index (Phi) is 4.65. The minimum Gasteiger partial charge on any atom is -0.466 e. The van der Waals surface area contributed by atoms with Gasteiger partial charge < -0.3 is 13.7 Å². The summed E-state index contributed by atoms with van der Waals surface area (Å²) < 4.78 is 13.1. The Hall–Kier alpha value is -4.13. The van der Waals surface area contributed by atoms with Crippen LogP contribution in [-0.2, 0) is 32.1 Å². The van der Waals surface area contributed by atoms with E-state index in [9.17, 15) is 14.4 Å². The van der Waals surface area contributed by atoms with Crippen molar-refractivity contribution in [3.63, 3.8) is 0 Å². The van der Waals surface area contributed by atoms with Gasteiger partial charge in [0.15, 0.2) is 0 Å². The van der Waals surface area contributed by atoms with E-state index in [-0.39, 0.29) is 23.7 Å². The average molecular weight is 454 g/mol. The van der Waals surface area contributed by atoms with E-state index in [1.807, 2.05) is 48.5 Å². The lowest BCUT2D eigenvalue weighted by molar-refractivity contribution is -0.142. The van der Waals surface area contributed by atoms with Crippen molar-refractivity contribution in [1.29, 1.82) is 0 Å². The number of carbonyl (C=O) groups excluding carboxylic acids is 3. The molecule has 0 aliphatic carbocycles. The van der Waals surface area contributed by atoms with Gasteiger partial charge in [-0.05, 0) is 25.0 Å². The smallest absolute Gasteiger partial charge is 0.302 e. The SMILES string of the molecule is CC(=O)OCC1CCn2c(c(N3C(=O)C=C(c4coc5ccccc45)C3=O)c3ccccc32)C1. The summed E-state index contributed by atoms with van der Waals surface area (Å²) in [6, 6.07) is 15.3. The van der Waals surface area contributed by atoms with Crippen LogP contribution < -0.4 is 4.90 Å². The fourth-order valence-electron chi connectivity index (χ4n) is 5.18. The van der Waals surface area contributed by atoms with Crippen LogP contribution in [0.1, 0.15) is 24.6 Å². The molecule has 1 atom stereocenters. The average Bonchev–Trinajstić information content (AvgIpc) is 3.49. The summed E-state index contributed by atoms with van der Waals surface area (Å²) in [7, 11) is 0. The number of furan rings is 1. The van der Waals surface area contributed by atoms with Gasteiger partial charge in [-0.15, -0.1) is 0 Å². The number of ether oxygens (including phenoxy) is 1. The molecular weight excluding hydrogens is 432 g/mol. The highest BCUT2D eigenvalue weighted by atomic mass is 16.5. The van der Waals surface area contributed by atoms with Crippen LogP contribution in [0.5, 0.6) is 0 Å². The third-order valence-corrected chi connectivity index (χ3v) is 6.73. The van der Waals surface area contributed by atoms with Crippen LogP contribution >= 0.6 is 0 Å². The fraction of sp³-hybridized carbons (Fsp3) is 0.222. The number of carbonyl (C=O) groups is 3. The Morgan fingerprint density at radius 2 is 1.85 bits per heavy atom. The zero-order valence-corrected chi connectivity index (χ0v) is 18.6. The highest BCUT2D eigenvalue weighted by Gasteiger charge is 2.39. The second-order valence-corrected chi connectivity index (χ2v) is 8.81. The van der Waals surface area contributed by atoms with Crippen molar-refractivity contribution in [3.05, 3.63) is 72.1 Å². The fourth-order valence-corrected chi connectivity index (χ4v) is 5.18. The lowest BCUT2D eigenvalue weighted by Gasteiger charge is -2.26.